The molecule has 0 aliphatic heterocycles. The standard InChI is InChI=1S/C14H21N5O2/c1-10-11(2)17-18-12(10)3-4-14(21)19(7-8-20)9-13-15-5-6-16-13/h5-6,20H,3-4,7-9H2,1-2H3,(H,15,16)(H,17,18). The number of rotatable bonds is 7. The molecule has 2 aromatic rings. The lowest BCUT2D eigenvalue weighted by molar-refractivity contribution is -0.132. The zero-order chi connectivity index (χ0) is 15.2. The summed E-state index contributed by atoms with van der Waals surface area (Å²) >= 11 is 0. The largest absolute Gasteiger partial charge is 0.395 e. The molecule has 2 rings (SSSR count). The zero-order valence-corrected chi connectivity index (χ0v) is 12.4. The Labute approximate surface area is 123 Å². The van der Waals surface area contributed by atoms with Crippen molar-refractivity contribution in [1.29, 1.82) is 0 Å². The number of carbonyl (C=O) groups excluding carboxylic acids is 1. The molecule has 0 aromatic carbocycles. The lowest BCUT2D eigenvalue weighted by Gasteiger charge is -2.20. The number of hydrogen-bond donors (Lipinski definition) is 3. The molecule has 0 unspecified atom stereocenters. The summed E-state index contributed by atoms with van der Waals surface area (Å²) in [4.78, 5) is 21.0. The van der Waals surface area contributed by atoms with Crippen LogP contribution in [0.4, 0.5) is 0 Å². The van der Waals surface area contributed by atoms with Gasteiger partial charge in [0.15, 0.2) is 0 Å². The molecule has 21 heavy (non-hydrogen) atoms. The molecule has 0 saturated heterocycles. The number of aliphatic hydroxyl groups excluding tert-OH is 1. The summed E-state index contributed by atoms with van der Waals surface area (Å²) in [7, 11) is 0. The molecule has 7 heteroatoms. The maximum Gasteiger partial charge on any atom is 0.223 e. The van der Waals surface area contributed by atoms with Crippen LogP contribution in [0.3, 0.4) is 0 Å². The molecule has 1 amide bonds. The molecule has 0 aliphatic rings. The summed E-state index contributed by atoms with van der Waals surface area (Å²) in [6.07, 6.45) is 4.32. The van der Waals surface area contributed by atoms with E-state index in [9.17, 15) is 4.79 Å². The molecule has 0 spiro atoms. The molecule has 0 saturated carbocycles. The SMILES string of the molecule is Cc1[nH]nc(CCC(=O)N(CCO)Cc2ncc[nH]2)c1C. The third-order valence-corrected chi connectivity index (χ3v) is 3.55. The van der Waals surface area contributed by atoms with Crippen molar-refractivity contribution in [2.45, 2.75) is 33.2 Å². The summed E-state index contributed by atoms with van der Waals surface area (Å²) < 4.78 is 0. The zero-order valence-electron chi connectivity index (χ0n) is 12.4. The molecule has 7 nitrogen and oxygen atoms in total. The fourth-order valence-electron chi connectivity index (χ4n) is 2.14. The second-order valence-corrected chi connectivity index (χ2v) is 5.00. The molecule has 3 N–H and O–H groups in total. The number of aryl methyl sites for hydroxylation is 2. The second-order valence-electron chi connectivity index (χ2n) is 5.00. The number of aromatic nitrogens is 4. The van der Waals surface area contributed by atoms with Crippen molar-refractivity contribution in [2.75, 3.05) is 13.2 Å². The number of H-pyrrole nitrogens is 2. The quantitative estimate of drug-likeness (QED) is 0.699. The predicted octanol–water partition coefficient (Wildman–Crippen LogP) is 0.703. The summed E-state index contributed by atoms with van der Waals surface area (Å²) in [6.45, 7) is 4.58. The van der Waals surface area contributed by atoms with Crippen LogP contribution in [-0.4, -0.2) is 49.2 Å². The Bertz CT molecular complexity index is 576. The Morgan fingerprint density at radius 3 is 2.81 bits per heavy atom. The van der Waals surface area contributed by atoms with Crippen LogP contribution in [0.15, 0.2) is 12.4 Å². The summed E-state index contributed by atoms with van der Waals surface area (Å²) in [6, 6.07) is 0. The van der Waals surface area contributed by atoms with Gasteiger partial charge in [-0.1, -0.05) is 0 Å². The van der Waals surface area contributed by atoms with Crippen molar-refractivity contribution < 1.29 is 9.90 Å². The monoisotopic (exact) mass is 291 g/mol. The highest BCUT2D eigenvalue weighted by molar-refractivity contribution is 5.76. The molecular formula is C14H21N5O2. The van der Waals surface area contributed by atoms with Gasteiger partial charge >= 0.3 is 0 Å². The summed E-state index contributed by atoms with van der Waals surface area (Å²) in [5.41, 5.74) is 3.05. The molecule has 0 bridgehead atoms. The van der Waals surface area contributed by atoms with Crippen LogP contribution in [0.25, 0.3) is 0 Å². The van der Waals surface area contributed by atoms with Gasteiger partial charge in [0, 0.05) is 37.5 Å². The molecule has 2 aromatic heterocycles. The van der Waals surface area contributed by atoms with Crippen LogP contribution >= 0.6 is 0 Å². The van der Waals surface area contributed by atoms with Gasteiger partial charge in [0.1, 0.15) is 5.82 Å². The van der Waals surface area contributed by atoms with E-state index >= 15 is 0 Å². The molecule has 0 aliphatic carbocycles. The van der Waals surface area contributed by atoms with E-state index in [-0.39, 0.29) is 12.5 Å². The van der Waals surface area contributed by atoms with E-state index in [2.05, 4.69) is 20.2 Å². The number of carbonyl (C=O) groups is 1. The number of hydrogen-bond acceptors (Lipinski definition) is 4. The van der Waals surface area contributed by atoms with E-state index in [0.29, 0.717) is 31.8 Å². The van der Waals surface area contributed by atoms with Crippen molar-refractivity contribution in [3.63, 3.8) is 0 Å². The number of nitrogens with zero attached hydrogens (tertiary/aromatic N) is 3. The van der Waals surface area contributed by atoms with Crippen molar-refractivity contribution in [3.05, 3.63) is 35.2 Å². The molecule has 2 heterocycles. The van der Waals surface area contributed by atoms with E-state index < -0.39 is 0 Å². The van der Waals surface area contributed by atoms with Gasteiger partial charge in [0.25, 0.3) is 0 Å². The van der Waals surface area contributed by atoms with Crippen molar-refractivity contribution >= 4 is 5.91 Å². The molecule has 0 radical (unpaired) electrons. The Morgan fingerprint density at radius 2 is 2.24 bits per heavy atom. The first-order valence-corrected chi connectivity index (χ1v) is 6.99. The lowest BCUT2D eigenvalue weighted by atomic mass is 10.1. The Balaban J connectivity index is 1.93. The molecule has 114 valence electrons. The number of imidazole rings is 1. The number of aromatic amines is 2. The van der Waals surface area contributed by atoms with Crippen LogP contribution in [-0.2, 0) is 17.8 Å². The van der Waals surface area contributed by atoms with Crippen molar-refractivity contribution in [3.8, 4) is 0 Å². The van der Waals surface area contributed by atoms with E-state index in [0.717, 1.165) is 17.0 Å². The fraction of sp³-hybridized carbons (Fsp3) is 0.500. The van der Waals surface area contributed by atoms with Gasteiger partial charge in [-0.15, -0.1) is 0 Å². The van der Waals surface area contributed by atoms with Gasteiger partial charge in [-0.25, -0.2) is 4.98 Å². The topological polar surface area (TPSA) is 97.9 Å². The molecule has 0 fully saturated rings. The maximum absolute atomic E-state index is 12.3. The van der Waals surface area contributed by atoms with Crippen LogP contribution < -0.4 is 0 Å². The van der Waals surface area contributed by atoms with Gasteiger partial charge in [0.2, 0.25) is 5.91 Å². The van der Waals surface area contributed by atoms with Gasteiger partial charge in [0.05, 0.1) is 18.8 Å². The predicted molar refractivity (Wildman–Crippen MR) is 77.5 cm³/mol. The first kappa shape index (κ1) is 15.2. The van der Waals surface area contributed by atoms with E-state index in [1.807, 2.05) is 13.8 Å². The Hall–Kier alpha value is -2.15. The van der Waals surface area contributed by atoms with E-state index in [1.54, 1.807) is 17.3 Å². The third kappa shape index (κ3) is 3.91. The highest BCUT2D eigenvalue weighted by Crippen LogP contribution is 2.11. The Morgan fingerprint density at radius 1 is 1.43 bits per heavy atom. The van der Waals surface area contributed by atoms with Crippen LogP contribution in [0, 0.1) is 13.8 Å². The summed E-state index contributed by atoms with van der Waals surface area (Å²) in [5, 5.41) is 16.2. The highest BCUT2D eigenvalue weighted by Gasteiger charge is 2.16. The van der Waals surface area contributed by atoms with Crippen molar-refractivity contribution in [1.82, 2.24) is 25.1 Å². The fourth-order valence-corrected chi connectivity index (χ4v) is 2.14. The van der Waals surface area contributed by atoms with E-state index in [4.69, 9.17) is 5.11 Å². The third-order valence-electron chi connectivity index (χ3n) is 3.55. The molecule has 0 atom stereocenters. The maximum atomic E-state index is 12.3. The molecular weight excluding hydrogens is 270 g/mol. The smallest absolute Gasteiger partial charge is 0.223 e. The average molecular weight is 291 g/mol. The van der Waals surface area contributed by atoms with Gasteiger partial charge in [-0.3, -0.25) is 9.89 Å². The normalized spacial score (nSPS) is 10.8. The minimum Gasteiger partial charge on any atom is -0.395 e. The first-order chi connectivity index (χ1) is 10.1. The van der Waals surface area contributed by atoms with Crippen molar-refractivity contribution in [2.24, 2.45) is 0 Å². The minimum absolute atomic E-state index is 0.0134. The summed E-state index contributed by atoms with van der Waals surface area (Å²) in [5.74, 6) is 0.698. The van der Waals surface area contributed by atoms with Crippen LogP contribution in [0.1, 0.15) is 29.2 Å². The van der Waals surface area contributed by atoms with E-state index in [1.165, 1.54) is 0 Å². The second kappa shape index (κ2) is 7.03. The van der Waals surface area contributed by atoms with Crippen LogP contribution in [0.5, 0.6) is 0 Å². The number of aliphatic hydroxyl groups is 1. The Kier molecular flexibility index (Phi) is 5.10. The van der Waals surface area contributed by atoms with Gasteiger partial charge < -0.3 is 15.0 Å². The lowest BCUT2D eigenvalue weighted by Crippen LogP contribution is -2.33. The average Bonchev–Trinajstić information content (AvgIpc) is 3.08. The minimum atomic E-state index is -0.0625. The number of nitrogens with one attached hydrogen (secondary N) is 2. The first-order valence-electron chi connectivity index (χ1n) is 6.99. The van der Waals surface area contributed by atoms with Gasteiger partial charge in [-0.2, -0.15) is 5.10 Å². The van der Waals surface area contributed by atoms with Gasteiger partial charge in [-0.05, 0) is 19.4 Å². The van der Waals surface area contributed by atoms with Crippen LogP contribution in [0.2, 0.25) is 0 Å². The highest BCUT2D eigenvalue weighted by atomic mass is 16.3. The number of amides is 1.